The first kappa shape index (κ1) is 17.6. The van der Waals surface area contributed by atoms with Gasteiger partial charge in [-0.05, 0) is 24.6 Å². The van der Waals surface area contributed by atoms with Gasteiger partial charge in [-0.15, -0.1) is 0 Å². The number of hydrogen-bond donors (Lipinski definition) is 1. The lowest BCUT2D eigenvalue weighted by atomic mass is 10.1. The van der Waals surface area contributed by atoms with Crippen LogP contribution in [0.5, 0.6) is 0 Å². The maximum Gasteiger partial charge on any atom is 0.244 e. The standard InChI is InChI=1S/C21H21N3O2/c1-15-8-10-17(11-9-15)13-24(16(2)25)14-20(26)23-19-7-3-5-18-6-4-12-22-21(18)19/h3-12H,13-14H2,1-2H3,(H,23,26). The number of pyridine rings is 1. The van der Waals surface area contributed by atoms with Gasteiger partial charge in [0.2, 0.25) is 11.8 Å². The molecule has 1 N–H and O–H groups in total. The van der Waals surface area contributed by atoms with Crippen molar-refractivity contribution in [2.75, 3.05) is 11.9 Å². The van der Waals surface area contributed by atoms with Crippen LogP contribution >= 0.6 is 0 Å². The van der Waals surface area contributed by atoms with E-state index in [0.29, 0.717) is 12.2 Å². The number of carbonyl (C=O) groups is 2. The second-order valence-electron chi connectivity index (χ2n) is 6.29. The lowest BCUT2D eigenvalue weighted by Gasteiger charge is -2.21. The van der Waals surface area contributed by atoms with Crippen LogP contribution in [0.3, 0.4) is 0 Å². The number of hydrogen-bond acceptors (Lipinski definition) is 3. The Morgan fingerprint density at radius 3 is 2.50 bits per heavy atom. The number of carbonyl (C=O) groups excluding carboxylic acids is 2. The van der Waals surface area contributed by atoms with Crippen LogP contribution in [-0.4, -0.2) is 28.2 Å². The third kappa shape index (κ3) is 4.25. The van der Waals surface area contributed by atoms with Crippen LogP contribution in [0, 0.1) is 6.92 Å². The Hall–Kier alpha value is -3.21. The molecule has 0 saturated heterocycles. The van der Waals surface area contributed by atoms with Crippen molar-refractivity contribution in [2.24, 2.45) is 0 Å². The monoisotopic (exact) mass is 347 g/mol. The summed E-state index contributed by atoms with van der Waals surface area (Å²) >= 11 is 0. The molecule has 0 fully saturated rings. The number of anilines is 1. The van der Waals surface area contributed by atoms with Gasteiger partial charge < -0.3 is 10.2 Å². The highest BCUT2D eigenvalue weighted by Gasteiger charge is 2.15. The maximum atomic E-state index is 12.5. The Kier molecular flexibility index (Phi) is 5.27. The average molecular weight is 347 g/mol. The van der Waals surface area contributed by atoms with Gasteiger partial charge in [0.25, 0.3) is 0 Å². The van der Waals surface area contributed by atoms with Crippen molar-refractivity contribution >= 4 is 28.4 Å². The summed E-state index contributed by atoms with van der Waals surface area (Å²) in [5, 5.41) is 3.82. The van der Waals surface area contributed by atoms with Gasteiger partial charge in [-0.25, -0.2) is 0 Å². The first-order valence-corrected chi connectivity index (χ1v) is 8.47. The molecule has 3 aromatic rings. The smallest absolute Gasteiger partial charge is 0.244 e. The normalized spacial score (nSPS) is 10.5. The van der Waals surface area contributed by atoms with Gasteiger partial charge in [0, 0.05) is 25.1 Å². The molecule has 132 valence electrons. The van der Waals surface area contributed by atoms with E-state index in [4.69, 9.17) is 0 Å². The molecule has 26 heavy (non-hydrogen) atoms. The quantitative estimate of drug-likeness (QED) is 0.768. The van der Waals surface area contributed by atoms with Crippen molar-refractivity contribution in [3.63, 3.8) is 0 Å². The van der Waals surface area contributed by atoms with E-state index in [9.17, 15) is 9.59 Å². The van der Waals surface area contributed by atoms with Crippen LogP contribution in [0.25, 0.3) is 10.9 Å². The molecule has 5 heteroatoms. The summed E-state index contributed by atoms with van der Waals surface area (Å²) in [5.74, 6) is -0.387. The number of nitrogens with one attached hydrogen (secondary N) is 1. The van der Waals surface area contributed by atoms with E-state index in [1.165, 1.54) is 11.8 Å². The van der Waals surface area contributed by atoms with Crippen molar-refractivity contribution in [1.82, 2.24) is 9.88 Å². The fourth-order valence-electron chi connectivity index (χ4n) is 2.76. The van der Waals surface area contributed by atoms with Gasteiger partial charge in [-0.1, -0.05) is 48.0 Å². The van der Waals surface area contributed by atoms with E-state index in [1.54, 1.807) is 6.20 Å². The summed E-state index contributed by atoms with van der Waals surface area (Å²) in [6.07, 6.45) is 1.69. The predicted molar refractivity (Wildman–Crippen MR) is 103 cm³/mol. The number of para-hydroxylation sites is 1. The van der Waals surface area contributed by atoms with Crippen LogP contribution in [0.2, 0.25) is 0 Å². The summed E-state index contributed by atoms with van der Waals surface area (Å²) in [6.45, 7) is 3.88. The topological polar surface area (TPSA) is 62.3 Å². The van der Waals surface area contributed by atoms with Crippen LogP contribution < -0.4 is 5.32 Å². The van der Waals surface area contributed by atoms with E-state index >= 15 is 0 Å². The van der Waals surface area contributed by atoms with Gasteiger partial charge in [-0.3, -0.25) is 14.6 Å². The van der Waals surface area contributed by atoms with Crippen LogP contribution in [0.15, 0.2) is 60.8 Å². The van der Waals surface area contributed by atoms with E-state index in [2.05, 4.69) is 10.3 Å². The minimum absolute atomic E-state index is 0.00751. The minimum Gasteiger partial charge on any atom is -0.329 e. The molecule has 0 unspecified atom stereocenters. The van der Waals surface area contributed by atoms with E-state index in [-0.39, 0.29) is 18.4 Å². The molecule has 5 nitrogen and oxygen atoms in total. The molecule has 1 heterocycles. The first-order valence-electron chi connectivity index (χ1n) is 8.47. The van der Waals surface area contributed by atoms with Gasteiger partial charge >= 0.3 is 0 Å². The lowest BCUT2D eigenvalue weighted by molar-refractivity contribution is -0.133. The third-order valence-electron chi connectivity index (χ3n) is 4.18. The SMILES string of the molecule is CC(=O)N(CC(=O)Nc1cccc2cccnc12)Cc1ccc(C)cc1. The Bertz CT molecular complexity index is 930. The average Bonchev–Trinajstić information content (AvgIpc) is 2.63. The zero-order chi connectivity index (χ0) is 18.5. The van der Waals surface area contributed by atoms with Crippen molar-refractivity contribution in [3.05, 3.63) is 71.9 Å². The molecule has 0 radical (unpaired) electrons. The maximum absolute atomic E-state index is 12.5. The number of amides is 2. The van der Waals surface area contributed by atoms with E-state index in [0.717, 1.165) is 22.0 Å². The highest BCUT2D eigenvalue weighted by atomic mass is 16.2. The number of aryl methyl sites for hydroxylation is 1. The number of aromatic nitrogens is 1. The zero-order valence-corrected chi connectivity index (χ0v) is 14.9. The molecule has 2 amide bonds. The summed E-state index contributed by atoms with van der Waals surface area (Å²) in [6, 6.07) is 17.3. The summed E-state index contributed by atoms with van der Waals surface area (Å²) in [7, 11) is 0. The van der Waals surface area contributed by atoms with Crippen molar-refractivity contribution in [3.8, 4) is 0 Å². The highest BCUT2D eigenvalue weighted by molar-refractivity contribution is 6.01. The van der Waals surface area contributed by atoms with E-state index in [1.807, 2.05) is 61.5 Å². The molecule has 1 aromatic heterocycles. The molecule has 0 saturated carbocycles. The zero-order valence-electron chi connectivity index (χ0n) is 14.9. The molecular formula is C21H21N3O2. The fourth-order valence-corrected chi connectivity index (χ4v) is 2.76. The Labute approximate surface area is 152 Å². The number of fused-ring (bicyclic) bond motifs is 1. The van der Waals surface area contributed by atoms with Crippen molar-refractivity contribution in [1.29, 1.82) is 0 Å². The van der Waals surface area contributed by atoms with Crippen LogP contribution in [-0.2, 0) is 16.1 Å². The molecule has 0 aliphatic rings. The fraction of sp³-hybridized carbons (Fsp3) is 0.190. The van der Waals surface area contributed by atoms with Crippen LogP contribution in [0.1, 0.15) is 18.1 Å². The predicted octanol–water partition coefficient (Wildman–Crippen LogP) is 3.53. The number of rotatable bonds is 5. The molecule has 0 bridgehead atoms. The van der Waals surface area contributed by atoms with Gasteiger partial charge in [-0.2, -0.15) is 0 Å². The molecule has 3 rings (SSSR count). The molecule has 0 aliphatic carbocycles. The number of nitrogens with zero attached hydrogens (tertiary/aromatic N) is 2. The van der Waals surface area contributed by atoms with Crippen LogP contribution in [0.4, 0.5) is 5.69 Å². The third-order valence-corrected chi connectivity index (χ3v) is 4.18. The second kappa shape index (κ2) is 7.78. The summed E-state index contributed by atoms with van der Waals surface area (Å²) < 4.78 is 0. The number of benzene rings is 2. The Balaban J connectivity index is 1.71. The van der Waals surface area contributed by atoms with E-state index < -0.39 is 0 Å². The highest BCUT2D eigenvalue weighted by Crippen LogP contribution is 2.20. The largest absolute Gasteiger partial charge is 0.329 e. The molecule has 0 spiro atoms. The summed E-state index contributed by atoms with van der Waals surface area (Å²) in [4.78, 5) is 30.3. The lowest BCUT2D eigenvalue weighted by Crippen LogP contribution is -2.36. The minimum atomic E-state index is -0.245. The van der Waals surface area contributed by atoms with Gasteiger partial charge in [0.05, 0.1) is 11.2 Å². The Morgan fingerprint density at radius 1 is 1.04 bits per heavy atom. The molecule has 2 aromatic carbocycles. The molecular weight excluding hydrogens is 326 g/mol. The molecule has 0 aliphatic heterocycles. The summed E-state index contributed by atoms with van der Waals surface area (Å²) in [5.41, 5.74) is 3.53. The Morgan fingerprint density at radius 2 is 1.77 bits per heavy atom. The second-order valence-corrected chi connectivity index (χ2v) is 6.29. The van der Waals surface area contributed by atoms with Gasteiger partial charge in [0.15, 0.2) is 0 Å². The van der Waals surface area contributed by atoms with Crippen molar-refractivity contribution < 1.29 is 9.59 Å². The first-order chi connectivity index (χ1) is 12.5. The van der Waals surface area contributed by atoms with Crippen molar-refractivity contribution in [2.45, 2.75) is 20.4 Å². The van der Waals surface area contributed by atoms with Gasteiger partial charge in [0.1, 0.15) is 6.54 Å². The molecule has 0 atom stereocenters.